The molecule has 2 rings (SSSR count). The number of hydrogen-bond donors (Lipinski definition) is 2. The second-order valence-electron chi connectivity index (χ2n) is 5.18. The van der Waals surface area contributed by atoms with Crippen molar-refractivity contribution in [1.82, 2.24) is 15.5 Å². The molecule has 1 saturated heterocycles. The van der Waals surface area contributed by atoms with Crippen LogP contribution in [0.4, 0.5) is 0 Å². The molecule has 2 N–H and O–H groups in total. The molecular weight excluding hydrogens is 316 g/mol. The van der Waals surface area contributed by atoms with Crippen molar-refractivity contribution < 1.29 is 9.47 Å². The lowest BCUT2D eigenvalue weighted by Gasteiger charge is -2.26. The van der Waals surface area contributed by atoms with E-state index in [4.69, 9.17) is 21.1 Å². The predicted octanol–water partition coefficient (Wildman–Crippen LogP) is 1.22. The number of nitrogens with one attached hydrogen (secondary N) is 2. The van der Waals surface area contributed by atoms with Crippen LogP contribution in [0, 0.1) is 0 Å². The van der Waals surface area contributed by atoms with Gasteiger partial charge in [-0.05, 0) is 24.3 Å². The normalized spacial score (nSPS) is 16.2. The van der Waals surface area contributed by atoms with E-state index in [1.807, 2.05) is 24.3 Å². The molecule has 1 aliphatic heterocycles. The Morgan fingerprint density at radius 1 is 1.22 bits per heavy atom. The van der Waals surface area contributed by atoms with E-state index in [1.54, 1.807) is 7.05 Å². The first-order chi connectivity index (χ1) is 11.3. The Balaban J connectivity index is 1.56. The van der Waals surface area contributed by atoms with Gasteiger partial charge in [-0.2, -0.15) is 0 Å². The zero-order valence-corrected chi connectivity index (χ0v) is 14.3. The minimum absolute atomic E-state index is 0.561. The van der Waals surface area contributed by atoms with Crippen molar-refractivity contribution in [2.24, 2.45) is 4.99 Å². The predicted molar refractivity (Wildman–Crippen MR) is 93.6 cm³/mol. The molecular formula is C16H25ClN4O2. The number of ether oxygens (including phenoxy) is 2. The topological polar surface area (TPSA) is 58.1 Å². The standard InChI is InChI=1S/C16H25ClN4O2/c1-18-16(19-6-8-21-9-12-22-13-10-21)20-7-11-23-15-4-2-14(17)3-5-15/h2-5H,6-13H2,1H3,(H2,18,19,20). The van der Waals surface area contributed by atoms with E-state index in [1.165, 1.54) is 0 Å². The van der Waals surface area contributed by atoms with E-state index in [2.05, 4.69) is 20.5 Å². The summed E-state index contributed by atoms with van der Waals surface area (Å²) in [5.74, 6) is 1.60. The van der Waals surface area contributed by atoms with Gasteiger partial charge in [0.2, 0.25) is 0 Å². The third-order valence-corrected chi connectivity index (χ3v) is 3.78. The SMILES string of the molecule is CN=C(NCCOc1ccc(Cl)cc1)NCCN1CCOCC1. The Labute approximate surface area is 142 Å². The number of halogens is 1. The maximum atomic E-state index is 5.84. The molecule has 1 aromatic rings. The number of rotatable bonds is 7. The molecule has 0 aromatic heterocycles. The van der Waals surface area contributed by atoms with Gasteiger partial charge >= 0.3 is 0 Å². The lowest BCUT2D eigenvalue weighted by atomic mass is 10.3. The van der Waals surface area contributed by atoms with E-state index in [-0.39, 0.29) is 0 Å². The van der Waals surface area contributed by atoms with Gasteiger partial charge in [0.25, 0.3) is 0 Å². The maximum absolute atomic E-state index is 5.84. The Hall–Kier alpha value is -1.50. The van der Waals surface area contributed by atoms with Crippen LogP contribution < -0.4 is 15.4 Å². The Morgan fingerprint density at radius 3 is 2.61 bits per heavy atom. The summed E-state index contributed by atoms with van der Waals surface area (Å²) in [5.41, 5.74) is 0. The summed E-state index contributed by atoms with van der Waals surface area (Å²) < 4.78 is 11.0. The molecule has 1 fully saturated rings. The molecule has 0 bridgehead atoms. The van der Waals surface area contributed by atoms with Gasteiger partial charge in [-0.3, -0.25) is 9.89 Å². The van der Waals surface area contributed by atoms with Crippen LogP contribution in [0.25, 0.3) is 0 Å². The third-order valence-electron chi connectivity index (χ3n) is 3.52. The number of guanidine groups is 1. The molecule has 23 heavy (non-hydrogen) atoms. The summed E-state index contributed by atoms with van der Waals surface area (Å²) in [5, 5.41) is 7.25. The minimum Gasteiger partial charge on any atom is -0.492 e. The second kappa shape index (κ2) is 10.3. The fraction of sp³-hybridized carbons (Fsp3) is 0.562. The van der Waals surface area contributed by atoms with Crippen LogP contribution in [0.5, 0.6) is 5.75 Å². The van der Waals surface area contributed by atoms with Gasteiger partial charge in [0.05, 0.1) is 19.8 Å². The molecule has 128 valence electrons. The number of nitrogens with zero attached hydrogens (tertiary/aromatic N) is 2. The first kappa shape index (κ1) is 17.8. The van der Waals surface area contributed by atoms with E-state index < -0.39 is 0 Å². The van der Waals surface area contributed by atoms with Gasteiger partial charge in [0, 0.05) is 38.2 Å². The minimum atomic E-state index is 0.561. The highest BCUT2D eigenvalue weighted by atomic mass is 35.5. The van der Waals surface area contributed by atoms with Crippen molar-refractivity contribution in [3.63, 3.8) is 0 Å². The van der Waals surface area contributed by atoms with Crippen molar-refractivity contribution in [1.29, 1.82) is 0 Å². The summed E-state index contributed by atoms with van der Waals surface area (Å²) in [6.45, 7) is 6.75. The average molecular weight is 341 g/mol. The quantitative estimate of drug-likeness (QED) is 0.444. The molecule has 1 heterocycles. The molecule has 0 unspecified atom stereocenters. The number of aliphatic imine (C=N–C) groups is 1. The highest BCUT2D eigenvalue weighted by Crippen LogP contribution is 2.14. The van der Waals surface area contributed by atoms with E-state index in [0.717, 1.165) is 51.1 Å². The van der Waals surface area contributed by atoms with Crippen LogP contribution >= 0.6 is 11.6 Å². The first-order valence-corrected chi connectivity index (χ1v) is 8.29. The van der Waals surface area contributed by atoms with Gasteiger partial charge in [-0.15, -0.1) is 0 Å². The number of benzene rings is 1. The van der Waals surface area contributed by atoms with Crippen molar-refractivity contribution in [2.75, 3.05) is 59.6 Å². The third kappa shape index (κ3) is 7.07. The molecule has 7 heteroatoms. The van der Waals surface area contributed by atoms with Crippen LogP contribution in [0.2, 0.25) is 5.02 Å². The van der Waals surface area contributed by atoms with Crippen molar-refractivity contribution in [2.45, 2.75) is 0 Å². The van der Waals surface area contributed by atoms with Gasteiger partial charge in [0.15, 0.2) is 5.96 Å². The Bertz CT molecular complexity index is 475. The highest BCUT2D eigenvalue weighted by molar-refractivity contribution is 6.30. The monoisotopic (exact) mass is 340 g/mol. The zero-order valence-electron chi connectivity index (χ0n) is 13.6. The van der Waals surface area contributed by atoms with E-state index in [9.17, 15) is 0 Å². The first-order valence-electron chi connectivity index (χ1n) is 7.91. The lowest BCUT2D eigenvalue weighted by Crippen LogP contribution is -2.45. The van der Waals surface area contributed by atoms with Crippen LogP contribution in [0.15, 0.2) is 29.3 Å². The molecule has 0 radical (unpaired) electrons. The number of morpholine rings is 1. The van der Waals surface area contributed by atoms with Crippen LogP contribution in [-0.2, 0) is 4.74 Å². The fourth-order valence-electron chi connectivity index (χ4n) is 2.25. The van der Waals surface area contributed by atoms with Crippen molar-refractivity contribution in [3.8, 4) is 5.75 Å². The summed E-state index contributed by atoms with van der Waals surface area (Å²) in [6, 6.07) is 7.35. The summed E-state index contributed by atoms with van der Waals surface area (Å²) >= 11 is 5.84. The molecule has 6 nitrogen and oxygen atoms in total. The smallest absolute Gasteiger partial charge is 0.191 e. The summed E-state index contributed by atoms with van der Waals surface area (Å²) in [6.07, 6.45) is 0. The largest absolute Gasteiger partial charge is 0.492 e. The average Bonchev–Trinajstić information content (AvgIpc) is 2.59. The van der Waals surface area contributed by atoms with E-state index in [0.29, 0.717) is 18.2 Å². The molecule has 1 aromatic carbocycles. The highest BCUT2D eigenvalue weighted by Gasteiger charge is 2.09. The zero-order chi connectivity index (χ0) is 16.3. The lowest BCUT2D eigenvalue weighted by molar-refractivity contribution is 0.0389. The fourth-order valence-corrected chi connectivity index (χ4v) is 2.37. The maximum Gasteiger partial charge on any atom is 0.191 e. The summed E-state index contributed by atoms with van der Waals surface area (Å²) in [7, 11) is 1.77. The number of hydrogen-bond acceptors (Lipinski definition) is 4. The summed E-state index contributed by atoms with van der Waals surface area (Å²) in [4.78, 5) is 6.59. The Morgan fingerprint density at radius 2 is 1.91 bits per heavy atom. The second-order valence-corrected chi connectivity index (χ2v) is 5.62. The van der Waals surface area contributed by atoms with Crippen LogP contribution in [-0.4, -0.2) is 70.5 Å². The molecule has 0 spiro atoms. The van der Waals surface area contributed by atoms with Gasteiger partial charge < -0.3 is 20.1 Å². The molecule has 0 atom stereocenters. The van der Waals surface area contributed by atoms with Crippen molar-refractivity contribution in [3.05, 3.63) is 29.3 Å². The van der Waals surface area contributed by atoms with E-state index >= 15 is 0 Å². The van der Waals surface area contributed by atoms with Crippen LogP contribution in [0.3, 0.4) is 0 Å². The molecule has 1 aliphatic rings. The van der Waals surface area contributed by atoms with Gasteiger partial charge in [0.1, 0.15) is 12.4 Å². The molecule has 0 saturated carbocycles. The Kier molecular flexibility index (Phi) is 8.00. The molecule has 0 aliphatic carbocycles. The van der Waals surface area contributed by atoms with Crippen LogP contribution in [0.1, 0.15) is 0 Å². The molecule has 0 amide bonds. The van der Waals surface area contributed by atoms with Crippen molar-refractivity contribution >= 4 is 17.6 Å². The van der Waals surface area contributed by atoms with Gasteiger partial charge in [-0.25, -0.2) is 0 Å². The van der Waals surface area contributed by atoms with Gasteiger partial charge in [-0.1, -0.05) is 11.6 Å².